The van der Waals surface area contributed by atoms with Crippen LogP contribution in [-0.4, -0.2) is 29.0 Å². The first-order chi connectivity index (χ1) is 9.24. The van der Waals surface area contributed by atoms with Crippen molar-refractivity contribution in [2.24, 2.45) is 0 Å². The van der Waals surface area contributed by atoms with Gasteiger partial charge in [-0.3, -0.25) is 0 Å². The molecule has 1 heterocycles. The van der Waals surface area contributed by atoms with Crippen LogP contribution in [0.25, 0.3) is 0 Å². The first-order valence-corrected chi connectivity index (χ1v) is 7.09. The van der Waals surface area contributed by atoms with Gasteiger partial charge in [-0.05, 0) is 25.5 Å². The Morgan fingerprint density at radius 2 is 2.25 bits per heavy atom. The second-order valence-corrected chi connectivity index (χ2v) is 6.72. The van der Waals surface area contributed by atoms with Crippen molar-refractivity contribution in [1.29, 1.82) is 0 Å². The van der Waals surface area contributed by atoms with Crippen molar-refractivity contribution in [2.75, 3.05) is 5.73 Å². The van der Waals surface area contributed by atoms with Gasteiger partial charge in [0, 0.05) is 12.3 Å². The molecule has 0 spiro atoms. The minimum atomic E-state index is -3.94. The number of rotatable bonds is 4. The maximum Gasteiger partial charge on any atom is 0.387 e. The van der Waals surface area contributed by atoms with Crippen LogP contribution in [0.1, 0.15) is 13.3 Å². The first kappa shape index (κ1) is 14.5. The predicted molar refractivity (Wildman–Crippen MR) is 68.3 cm³/mol. The molecule has 6 nitrogen and oxygen atoms in total. The van der Waals surface area contributed by atoms with Crippen LogP contribution in [0.4, 0.5) is 14.6 Å². The van der Waals surface area contributed by atoms with Gasteiger partial charge in [0.2, 0.25) is 0 Å². The molecule has 20 heavy (non-hydrogen) atoms. The number of alkyl halides is 2. The van der Waals surface area contributed by atoms with Crippen LogP contribution in [0.15, 0.2) is 36.3 Å². The number of anilines is 1. The number of nitrogens with two attached hydrogens (primary N) is 1. The molecule has 0 saturated carbocycles. The molecule has 0 fully saturated rings. The molecule has 1 aliphatic carbocycles. The highest BCUT2D eigenvalue weighted by atomic mass is 32.2. The summed E-state index contributed by atoms with van der Waals surface area (Å²) in [7, 11) is -3.94. The van der Waals surface area contributed by atoms with E-state index in [1.165, 1.54) is 31.3 Å². The summed E-state index contributed by atoms with van der Waals surface area (Å²) in [4.78, 5) is 0. The van der Waals surface area contributed by atoms with Crippen LogP contribution in [-0.2, 0) is 14.8 Å². The van der Waals surface area contributed by atoms with Gasteiger partial charge in [0.05, 0.1) is 0 Å². The fraction of sp³-hybridized carbons (Fsp3) is 0.364. The monoisotopic (exact) mass is 305 g/mol. The van der Waals surface area contributed by atoms with Gasteiger partial charge in [0.15, 0.2) is 0 Å². The van der Waals surface area contributed by atoms with Crippen LogP contribution in [0.5, 0.6) is 0 Å². The average molecular weight is 305 g/mol. The standard InChI is InChI=1S/C11H13F2N3O3S/c1-11(5-2-3-8(7-11)19-10(12)13)20(17,18)16-6-4-9(14)15-16/h2-4,6-7,10H,5H2,1H3,(H2,14,15). The van der Waals surface area contributed by atoms with Gasteiger partial charge in [-0.25, -0.2) is 8.42 Å². The second-order valence-electron chi connectivity index (χ2n) is 4.46. The third-order valence-corrected chi connectivity index (χ3v) is 5.06. The Hall–Kier alpha value is -1.90. The molecule has 9 heteroatoms. The summed E-state index contributed by atoms with van der Waals surface area (Å²) in [5, 5.41) is 3.65. The molecular weight excluding hydrogens is 292 g/mol. The van der Waals surface area contributed by atoms with Gasteiger partial charge < -0.3 is 10.5 Å². The Morgan fingerprint density at radius 3 is 2.80 bits per heavy atom. The molecule has 0 bridgehead atoms. The predicted octanol–water partition coefficient (Wildman–Crippen LogP) is 1.48. The second kappa shape index (κ2) is 4.89. The minimum absolute atomic E-state index is 0.0524. The lowest BCUT2D eigenvalue weighted by molar-refractivity contribution is -0.0926. The summed E-state index contributed by atoms with van der Waals surface area (Å²) in [6, 6.07) is 1.33. The number of ether oxygens (including phenoxy) is 1. The van der Waals surface area contributed by atoms with Crippen LogP contribution >= 0.6 is 0 Å². The molecule has 0 saturated heterocycles. The molecule has 1 unspecified atom stereocenters. The molecule has 0 aromatic carbocycles. The third kappa shape index (κ3) is 2.53. The van der Waals surface area contributed by atoms with E-state index in [1.807, 2.05) is 0 Å². The van der Waals surface area contributed by atoms with Crippen molar-refractivity contribution < 1.29 is 21.9 Å². The molecule has 2 N–H and O–H groups in total. The Bertz CT molecular complexity index is 666. The highest BCUT2D eigenvalue weighted by Gasteiger charge is 2.40. The van der Waals surface area contributed by atoms with Gasteiger partial charge in [0.1, 0.15) is 16.3 Å². The van der Waals surface area contributed by atoms with Gasteiger partial charge in [-0.15, -0.1) is 5.10 Å². The van der Waals surface area contributed by atoms with Crippen molar-refractivity contribution >= 4 is 15.8 Å². The molecule has 1 aromatic rings. The summed E-state index contributed by atoms with van der Waals surface area (Å²) in [5.74, 6) is -0.144. The number of hydrogen-bond donors (Lipinski definition) is 1. The Balaban J connectivity index is 2.40. The fourth-order valence-electron chi connectivity index (χ4n) is 1.84. The number of halogens is 2. The molecule has 1 aromatic heterocycles. The number of hydrogen-bond acceptors (Lipinski definition) is 5. The largest absolute Gasteiger partial charge is 0.435 e. The highest BCUT2D eigenvalue weighted by molar-refractivity contribution is 7.91. The summed E-state index contributed by atoms with van der Waals surface area (Å²) in [5.41, 5.74) is 5.39. The lowest BCUT2D eigenvalue weighted by Gasteiger charge is -2.27. The van der Waals surface area contributed by atoms with E-state index >= 15 is 0 Å². The quantitative estimate of drug-likeness (QED) is 0.910. The zero-order valence-electron chi connectivity index (χ0n) is 10.5. The molecular formula is C11H13F2N3O3S. The SMILES string of the molecule is CC1(S(=O)(=O)n2ccc(N)n2)C=C(OC(F)F)C=CC1. The average Bonchev–Trinajstić information content (AvgIpc) is 2.75. The Morgan fingerprint density at radius 1 is 1.55 bits per heavy atom. The molecule has 2 rings (SSSR count). The Labute approximate surface area is 114 Å². The zero-order chi connectivity index (χ0) is 15.0. The topological polar surface area (TPSA) is 87.2 Å². The third-order valence-electron chi connectivity index (χ3n) is 2.90. The Kier molecular flexibility index (Phi) is 3.55. The highest BCUT2D eigenvalue weighted by Crippen LogP contribution is 2.31. The summed E-state index contributed by atoms with van der Waals surface area (Å²) >= 11 is 0. The van der Waals surface area contributed by atoms with Gasteiger partial charge >= 0.3 is 6.61 Å². The van der Waals surface area contributed by atoms with Crippen molar-refractivity contribution in [3.05, 3.63) is 36.3 Å². The number of aromatic nitrogens is 2. The molecule has 0 amide bonds. The van der Waals surface area contributed by atoms with E-state index in [9.17, 15) is 17.2 Å². The lowest BCUT2D eigenvalue weighted by Crippen LogP contribution is -2.39. The van der Waals surface area contributed by atoms with Crippen LogP contribution < -0.4 is 5.73 Å². The normalized spacial score (nSPS) is 22.9. The summed E-state index contributed by atoms with van der Waals surface area (Å²) in [6.07, 6.45) is 5.23. The maximum absolute atomic E-state index is 12.5. The van der Waals surface area contributed by atoms with Crippen molar-refractivity contribution in [3.63, 3.8) is 0 Å². The van der Waals surface area contributed by atoms with E-state index in [0.29, 0.717) is 0 Å². The lowest BCUT2D eigenvalue weighted by atomic mass is 10.0. The van der Waals surface area contributed by atoms with E-state index in [2.05, 4.69) is 9.84 Å². The summed E-state index contributed by atoms with van der Waals surface area (Å²) in [6.45, 7) is -1.62. The number of nitrogens with zero attached hydrogens (tertiary/aromatic N) is 2. The number of allylic oxidation sites excluding steroid dienone is 2. The molecule has 0 aliphatic heterocycles. The van der Waals surface area contributed by atoms with Crippen LogP contribution in [0, 0.1) is 0 Å². The van der Waals surface area contributed by atoms with Crippen molar-refractivity contribution in [1.82, 2.24) is 9.19 Å². The summed E-state index contributed by atoms with van der Waals surface area (Å²) < 4.78 is 52.9. The van der Waals surface area contributed by atoms with Crippen molar-refractivity contribution in [3.8, 4) is 0 Å². The van der Waals surface area contributed by atoms with Crippen LogP contribution in [0.3, 0.4) is 0 Å². The van der Waals surface area contributed by atoms with Crippen LogP contribution in [0.2, 0.25) is 0 Å². The van der Waals surface area contributed by atoms with E-state index in [4.69, 9.17) is 5.73 Å². The van der Waals surface area contributed by atoms with Gasteiger partial charge in [-0.1, -0.05) is 6.08 Å². The van der Waals surface area contributed by atoms with E-state index in [1.54, 1.807) is 0 Å². The molecule has 1 aliphatic rings. The van der Waals surface area contributed by atoms with Crippen molar-refractivity contribution in [2.45, 2.75) is 24.7 Å². The molecule has 110 valence electrons. The minimum Gasteiger partial charge on any atom is -0.435 e. The number of nitrogen functional groups attached to an aromatic ring is 1. The zero-order valence-corrected chi connectivity index (χ0v) is 11.3. The van der Waals surface area contributed by atoms with Gasteiger partial charge in [0.25, 0.3) is 10.0 Å². The smallest absolute Gasteiger partial charge is 0.387 e. The van der Waals surface area contributed by atoms with Gasteiger partial charge in [-0.2, -0.15) is 12.9 Å². The van der Waals surface area contributed by atoms with E-state index < -0.39 is 21.4 Å². The van der Waals surface area contributed by atoms with E-state index in [-0.39, 0.29) is 18.0 Å². The first-order valence-electron chi connectivity index (χ1n) is 5.65. The maximum atomic E-state index is 12.5. The fourth-order valence-corrected chi connectivity index (χ4v) is 3.26. The molecule has 1 atom stereocenters. The van der Waals surface area contributed by atoms with E-state index in [0.717, 1.165) is 10.2 Å². The molecule has 0 radical (unpaired) electrons.